The Bertz CT molecular complexity index is 1030. The number of thioether (sulfide) groups is 1. The number of amides is 1. The molecule has 1 amide bonds. The number of aryl methyl sites for hydroxylation is 2. The first kappa shape index (κ1) is 18.7. The molecule has 1 aliphatic rings. The van der Waals surface area contributed by atoms with Crippen molar-refractivity contribution in [1.82, 2.24) is 14.8 Å². The first-order chi connectivity index (χ1) is 13.5. The summed E-state index contributed by atoms with van der Waals surface area (Å²) in [6.45, 7) is 4.05. The van der Waals surface area contributed by atoms with Gasteiger partial charge in [0.05, 0.1) is 11.3 Å². The monoisotopic (exact) mass is 396 g/mol. The van der Waals surface area contributed by atoms with Crippen molar-refractivity contribution in [3.05, 3.63) is 59.4 Å². The Balaban J connectivity index is 1.48. The van der Waals surface area contributed by atoms with E-state index in [4.69, 9.17) is 0 Å². The largest absolute Gasteiger partial charge is 0.325 e. The van der Waals surface area contributed by atoms with E-state index in [0.29, 0.717) is 16.5 Å². The lowest BCUT2D eigenvalue weighted by Gasteiger charge is -2.10. The first-order valence-electron chi connectivity index (χ1n) is 9.22. The average Bonchev–Trinajstić information content (AvgIpc) is 3.43. The summed E-state index contributed by atoms with van der Waals surface area (Å²) in [7, 11) is 0. The van der Waals surface area contributed by atoms with E-state index in [1.807, 2.05) is 36.6 Å². The lowest BCUT2D eigenvalue weighted by molar-refractivity contribution is -0.113. The van der Waals surface area contributed by atoms with Crippen LogP contribution >= 0.6 is 11.8 Å². The zero-order chi connectivity index (χ0) is 19.7. The summed E-state index contributed by atoms with van der Waals surface area (Å²) in [5.41, 5.74) is 3.54. The normalized spacial score (nSPS) is 13.5. The fraction of sp³-hybridized carbons (Fsp3) is 0.286. The predicted molar refractivity (Wildman–Crippen MR) is 109 cm³/mol. The minimum atomic E-state index is -0.319. The van der Waals surface area contributed by atoms with Crippen molar-refractivity contribution < 1.29 is 9.18 Å². The fourth-order valence-corrected chi connectivity index (χ4v) is 3.82. The average molecular weight is 396 g/mol. The third kappa shape index (κ3) is 3.94. The van der Waals surface area contributed by atoms with E-state index in [2.05, 4.69) is 15.5 Å². The van der Waals surface area contributed by atoms with Gasteiger partial charge < -0.3 is 5.32 Å². The van der Waals surface area contributed by atoms with Crippen molar-refractivity contribution in [2.24, 2.45) is 0 Å². The molecule has 1 saturated carbocycles. The number of hydrogen-bond donors (Lipinski definition) is 1. The Morgan fingerprint density at radius 2 is 1.96 bits per heavy atom. The van der Waals surface area contributed by atoms with Gasteiger partial charge in [0.1, 0.15) is 5.82 Å². The number of carbonyl (C=O) groups is 1. The van der Waals surface area contributed by atoms with Crippen LogP contribution in [0, 0.1) is 19.7 Å². The molecular weight excluding hydrogens is 375 g/mol. The molecule has 144 valence electrons. The van der Waals surface area contributed by atoms with Crippen molar-refractivity contribution in [1.29, 1.82) is 0 Å². The van der Waals surface area contributed by atoms with Crippen LogP contribution in [0.2, 0.25) is 0 Å². The van der Waals surface area contributed by atoms with E-state index >= 15 is 0 Å². The Labute approximate surface area is 167 Å². The Kier molecular flexibility index (Phi) is 5.17. The number of rotatable bonds is 6. The highest BCUT2D eigenvalue weighted by molar-refractivity contribution is 7.99. The molecule has 7 heteroatoms. The number of nitrogens with zero attached hydrogens (tertiary/aromatic N) is 3. The Hall–Kier alpha value is -2.67. The zero-order valence-electron chi connectivity index (χ0n) is 15.8. The standard InChI is InChI=1S/C21H21FN4OS/c1-13-7-8-15(11-14(13)2)23-19(27)12-28-21-25-24-20(26(21)16-9-10-16)17-5-3-4-6-18(17)22/h3-8,11,16H,9-10,12H2,1-2H3,(H,23,27). The van der Waals surface area contributed by atoms with Crippen LogP contribution in [0.3, 0.4) is 0 Å². The van der Waals surface area contributed by atoms with E-state index in [1.165, 1.54) is 23.4 Å². The Morgan fingerprint density at radius 1 is 1.18 bits per heavy atom. The van der Waals surface area contributed by atoms with E-state index in [-0.39, 0.29) is 23.5 Å². The maximum Gasteiger partial charge on any atom is 0.234 e. The van der Waals surface area contributed by atoms with Crippen LogP contribution in [0.25, 0.3) is 11.4 Å². The number of carbonyl (C=O) groups excluding carboxylic acids is 1. The first-order valence-corrected chi connectivity index (χ1v) is 10.2. The van der Waals surface area contributed by atoms with Crippen molar-refractivity contribution in [3.8, 4) is 11.4 Å². The zero-order valence-corrected chi connectivity index (χ0v) is 16.6. The number of aromatic nitrogens is 3. The number of benzene rings is 2. The van der Waals surface area contributed by atoms with Gasteiger partial charge in [-0.3, -0.25) is 9.36 Å². The molecule has 0 spiro atoms. The van der Waals surface area contributed by atoms with Gasteiger partial charge in [0, 0.05) is 11.7 Å². The van der Waals surface area contributed by atoms with E-state index < -0.39 is 0 Å². The second-order valence-corrected chi connectivity index (χ2v) is 7.97. The molecule has 5 nitrogen and oxygen atoms in total. The van der Waals surface area contributed by atoms with Crippen LogP contribution in [0.5, 0.6) is 0 Å². The SMILES string of the molecule is Cc1ccc(NC(=O)CSc2nnc(-c3ccccc3F)n2C2CC2)cc1C. The van der Waals surface area contributed by atoms with Gasteiger partial charge in [-0.25, -0.2) is 4.39 Å². The van der Waals surface area contributed by atoms with Crippen LogP contribution in [0.4, 0.5) is 10.1 Å². The van der Waals surface area contributed by atoms with Gasteiger partial charge in [0.15, 0.2) is 11.0 Å². The summed E-state index contributed by atoms with van der Waals surface area (Å²) in [6, 6.07) is 12.7. The topological polar surface area (TPSA) is 59.8 Å². The van der Waals surface area contributed by atoms with Crippen LogP contribution in [0.15, 0.2) is 47.6 Å². The number of hydrogen-bond acceptors (Lipinski definition) is 4. The van der Waals surface area contributed by atoms with Crippen LogP contribution < -0.4 is 5.32 Å². The molecule has 3 aromatic rings. The third-order valence-corrected chi connectivity index (χ3v) is 5.76. The number of anilines is 1. The van der Waals surface area contributed by atoms with Gasteiger partial charge in [-0.05, 0) is 62.1 Å². The molecule has 1 fully saturated rings. The molecule has 0 radical (unpaired) electrons. The van der Waals surface area contributed by atoms with Gasteiger partial charge in [-0.2, -0.15) is 0 Å². The van der Waals surface area contributed by atoms with Crippen molar-refractivity contribution in [3.63, 3.8) is 0 Å². The molecule has 0 saturated heterocycles. The van der Waals surface area contributed by atoms with Crippen molar-refractivity contribution >= 4 is 23.4 Å². The van der Waals surface area contributed by atoms with Gasteiger partial charge >= 0.3 is 0 Å². The maximum absolute atomic E-state index is 14.2. The molecule has 0 unspecified atom stereocenters. The maximum atomic E-state index is 14.2. The molecule has 1 aliphatic carbocycles. The lowest BCUT2D eigenvalue weighted by atomic mass is 10.1. The highest BCUT2D eigenvalue weighted by Gasteiger charge is 2.31. The highest BCUT2D eigenvalue weighted by atomic mass is 32.2. The van der Waals surface area contributed by atoms with Crippen molar-refractivity contribution in [2.45, 2.75) is 37.9 Å². The number of nitrogens with one attached hydrogen (secondary N) is 1. The molecule has 0 bridgehead atoms. The molecule has 0 atom stereocenters. The van der Waals surface area contributed by atoms with Gasteiger partial charge in [-0.15, -0.1) is 10.2 Å². The second-order valence-electron chi connectivity index (χ2n) is 7.02. The van der Waals surface area contributed by atoms with E-state index in [0.717, 1.165) is 24.1 Å². The summed E-state index contributed by atoms with van der Waals surface area (Å²) >= 11 is 1.33. The molecule has 1 aromatic heterocycles. The predicted octanol–water partition coefficient (Wildman–Crippen LogP) is 4.77. The summed E-state index contributed by atoms with van der Waals surface area (Å²) in [5, 5.41) is 12.0. The van der Waals surface area contributed by atoms with E-state index in [9.17, 15) is 9.18 Å². The minimum absolute atomic E-state index is 0.106. The molecule has 2 aromatic carbocycles. The molecule has 4 rings (SSSR count). The van der Waals surface area contributed by atoms with Gasteiger partial charge in [0.25, 0.3) is 0 Å². The highest BCUT2D eigenvalue weighted by Crippen LogP contribution is 2.41. The lowest BCUT2D eigenvalue weighted by Crippen LogP contribution is -2.14. The molecule has 28 heavy (non-hydrogen) atoms. The second kappa shape index (κ2) is 7.75. The molecule has 0 aliphatic heterocycles. The van der Waals surface area contributed by atoms with Crippen LogP contribution in [-0.4, -0.2) is 26.4 Å². The summed E-state index contributed by atoms with van der Waals surface area (Å²) < 4.78 is 16.2. The minimum Gasteiger partial charge on any atom is -0.325 e. The van der Waals surface area contributed by atoms with Crippen LogP contribution in [0.1, 0.15) is 30.0 Å². The fourth-order valence-electron chi connectivity index (χ4n) is 3.01. The molecule has 1 heterocycles. The quantitative estimate of drug-likeness (QED) is 0.610. The van der Waals surface area contributed by atoms with Gasteiger partial charge in [0.2, 0.25) is 5.91 Å². The Morgan fingerprint density at radius 3 is 2.68 bits per heavy atom. The molecular formula is C21H21FN4OS. The van der Waals surface area contributed by atoms with E-state index in [1.54, 1.807) is 18.2 Å². The molecule has 1 N–H and O–H groups in total. The summed E-state index contributed by atoms with van der Waals surface area (Å²) in [6.07, 6.45) is 2.03. The van der Waals surface area contributed by atoms with Gasteiger partial charge in [-0.1, -0.05) is 30.0 Å². The summed E-state index contributed by atoms with van der Waals surface area (Å²) in [5.74, 6) is 0.319. The smallest absolute Gasteiger partial charge is 0.234 e. The van der Waals surface area contributed by atoms with Crippen molar-refractivity contribution in [2.75, 3.05) is 11.1 Å². The number of halogens is 1. The summed E-state index contributed by atoms with van der Waals surface area (Å²) in [4.78, 5) is 12.4. The third-order valence-electron chi connectivity index (χ3n) is 4.81. The van der Waals surface area contributed by atoms with Crippen LogP contribution in [-0.2, 0) is 4.79 Å².